The van der Waals surface area contributed by atoms with Crippen LogP contribution >= 0.6 is 0 Å². The van der Waals surface area contributed by atoms with Gasteiger partial charge in [0.25, 0.3) is 0 Å². The standard InChI is InChI=1S/C25H31N3O5/c1-6-33-24(29)22-19(26-25(30)27-23(22)17-10-8-7-9-11-17)15-28(3)14-18-13-21(32-5)20(31-4)12-16(18)2/h7-13,23H,6,14-15H2,1-5H3,(H2,26,27,30)/t23-/m1/s1. The molecule has 0 unspecified atom stereocenters. The largest absolute Gasteiger partial charge is 0.493 e. The van der Waals surface area contributed by atoms with E-state index in [1.165, 1.54) is 0 Å². The van der Waals surface area contributed by atoms with E-state index in [2.05, 4.69) is 10.6 Å². The highest BCUT2D eigenvalue weighted by atomic mass is 16.5. The van der Waals surface area contributed by atoms with E-state index >= 15 is 0 Å². The predicted octanol–water partition coefficient (Wildman–Crippen LogP) is 3.32. The molecule has 0 saturated heterocycles. The van der Waals surface area contributed by atoms with E-state index in [1.807, 2.05) is 61.3 Å². The fourth-order valence-corrected chi connectivity index (χ4v) is 3.90. The summed E-state index contributed by atoms with van der Waals surface area (Å²) in [7, 11) is 5.14. The fraction of sp³-hybridized carbons (Fsp3) is 0.360. The average Bonchev–Trinajstić information content (AvgIpc) is 2.80. The van der Waals surface area contributed by atoms with Gasteiger partial charge in [-0.05, 0) is 49.7 Å². The zero-order valence-corrected chi connectivity index (χ0v) is 19.7. The van der Waals surface area contributed by atoms with Crippen LogP contribution in [0, 0.1) is 6.92 Å². The summed E-state index contributed by atoms with van der Waals surface area (Å²) in [5.41, 5.74) is 3.83. The number of nitrogens with zero attached hydrogens (tertiary/aromatic N) is 1. The van der Waals surface area contributed by atoms with Crippen LogP contribution in [0.3, 0.4) is 0 Å². The second-order valence-corrected chi connectivity index (χ2v) is 7.86. The number of benzene rings is 2. The first-order valence-electron chi connectivity index (χ1n) is 10.8. The van der Waals surface area contributed by atoms with Crippen LogP contribution in [0.5, 0.6) is 11.5 Å². The number of carbonyl (C=O) groups excluding carboxylic acids is 2. The van der Waals surface area contributed by atoms with Crippen molar-refractivity contribution in [3.63, 3.8) is 0 Å². The van der Waals surface area contributed by atoms with E-state index in [9.17, 15) is 9.59 Å². The van der Waals surface area contributed by atoms with Crippen LogP contribution in [-0.2, 0) is 16.1 Å². The number of nitrogens with one attached hydrogen (secondary N) is 2. The van der Waals surface area contributed by atoms with Crippen molar-refractivity contribution in [2.24, 2.45) is 0 Å². The Balaban J connectivity index is 1.92. The highest BCUT2D eigenvalue weighted by molar-refractivity contribution is 5.95. The van der Waals surface area contributed by atoms with Gasteiger partial charge in [0.2, 0.25) is 0 Å². The summed E-state index contributed by atoms with van der Waals surface area (Å²) in [6.45, 7) is 4.93. The summed E-state index contributed by atoms with van der Waals surface area (Å²) in [5, 5.41) is 5.67. The number of hydrogen-bond acceptors (Lipinski definition) is 6. The number of hydrogen-bond donors (Lipinski definition) is 2. The number of aryl methyl sites for hydroxylation is 1. The molecule has 8 nitrogen and oxygen atoms in total. The molecule has 0 spiro atoms. The van der Waals surface area contributed by atoms with Crippen molar-refractivity contribution in [1.82, 2.24) is 15.5 Å². The number of carbonyl (C=O) groups is 2. The number of ether oxygens (including phenoxy) is 3. The highest BCUT2D eigenvalue weighted by Gasteiger charge is 2.34. The van der Waals surface area contributed by atoms with Gasteiger partial charge in [-0.25, -0.2) is 9.59 Å². The number of amides is 2. The Morgan fingerprint density at radius 2 is 1.73 bits per heavy atom. The predicted molar refractivity (Wildman–Crippen MR) is 125 cm³/mol. The van der Waals surface area contributed by atoms with Gasteiger partial charge in [0.15, 0.2) is 11.5 Å². The van der Waals surface area contributed by atoms with Crippen molar-refractivity contribution in [3.05, 3.63) is 70.4 Å². The van der Waals surface area contributed by atoms with Gasteiger partial charge < -0.3 is 24.8 Å². The second kappa shape index (κ2) is 10.9. The lowest BCUT2D eigenvalue weighted by molar-refractivity contribution is -0.139. The maximum atomic E-state index is 12.9. The summed E-state index contributed by atoms with van der Waals surface area (Å²) < 4.78 is 16.1. The number of methoxy groups -OCH3 is 2. The molecule has 8 heteroatoms. The van der Waals surface area contributed by atoms with Crippen molar-refractivity contribution in [2.45, 2.75) is 26.4 Å². The van der Waals surface area contributed by atoms with E-state index in [4.69, 9.17) is 14.2 Å². The summed E-state index contributed by atoms with van der Waals surface area (Å²) in [4.78, 5) is 27.4. The van der Waals surface area contributed by atoms with E-state index in [0.717, 1.165) is 16.7 Å². The lowest BCUT2D eigenvalue weighted by Gasteiger charge is -2.31. The lowest BCUT2D eigenvalue weighted by atomic mass is 9.95. The Hall–Kier alpha value is -3.52. The summed E-state index contributed by atoms with van der Waals surface area (Å²) in [6, 6.07) is 12.3. The van der Waals surface area contributed by atoms with Gasteiger partial charge >= 0.3 is 12.0 Å². The molecule has 3 rings (SSSR count). The lowest BCUT2D eigenvalue weighted by Crippen LogP contribution is -2.48. The maximum Gasteiger partial charge on any atom is 0.338 e. The topological polar surface area (TPSA) is 89.1 Å². The van der Waals surface area contributed by atoms with Crippen LogP contribution in [0.25, 0.3) is 0 Å². The smallest absolute Gasteiger partial charge is 0.338 e. The van der Waals surface area contributed by atoms with Crippen LogP contribution in [-0.4, -0.2) is 51.3 Å². The maximum absolute atomic E-state index is 12.9. The quantitative estimate of drug-likeness (QED) is 0.567. The Morgan fingerprint density at radius 3 is 2.36 bits per heavy atom. The minimum atomic E-state index is -0.592. The first-order valence-corrected chi connectivity index (χ1v) is 10.8. The molecule has 1 aliphatic rings. The molecule has 0 fully saturated rings. The zero-order valence-electron chi connectivity index (χ0n) is 19.7. The Kier molecular flexibility index (Phi) is 7.95. The third-order valence-electron chi connectivity index (χ3n) is 5.49. The number of esters is 1. The van der Waals surface area contributed by atoms with Gasteiger partial charge in [0, 0.05) is 18.8 Å². The first kappa shape index (κ1) is 24.1. The van der Waals surface area contributed by atoms with Gasteiger partial charge in [-0.15, -0.1) is 0 Å². The Morgan fingerprint density at radius 1 is 1.06 bits per heavy atom. The van der Waals surface area contributed by atoms with Crippen LogP contribution in [0.4, 0.5) is 4.79 Å². The van der Waals surface area contributed by atoms with Crippen molar-refractivity contribution in [2.75, 3.05) is 34.4 Å². The molecule has 1 aliphatic heterocycles. The highest BCUT2D eigenvalue weighted by Crippen LogP contribution is 2.31. The monoisotopic (exact) mass is 453 g/mol. The molecule has 0 radical (unpaired) electrons. The minimum absolute atomic E-state index is 0.242. The van der Waals surface area contributed by atoms with Crippen LogP contribution < -0.4 is 20.1 Å². The number of rotatable bonds is 9. The number of likely N-dealkylation sites (N-methyl/N-ethyl adjacent to an activating group) is 1. The molecule has 33 heavy (non-hydrogen) atoms. The van der Waals surface area contributed by atoms with E-state index in [-0.39, 0.29) is 12.6 Å². The van der Waals surface area contributed by atoms with Gasteiger partial charge in [0.1, 0.15) is 0 Å². The van der Waals surface area contributed by atoms with Gasteiger partial charge in [-0.3, -0.25) is 4.90 Å². The SMILES string of the molecule is CCOC(=O)C1=C(CN(C)Cc2cc(OC)c(OC)cc2C)NC(=O)N[C@@H]1c1ccccc1. The molecule has 0 saturated carbocycles. The fourth-order valence-electron chi connectivity index (χ4n) is 3.90. The van der Waals surface area contributed by atoms with Crippen LogP contribution in [0.2, 0.25) is 0 Å². The van der Waals surface area contributed by atoms with Crippen LogP contribution in [0.15, 0.2) is 53.7 Å². The first-order chi connectivity index (χ1) is 15.9. The van der Waals surface area contributed by atoms with Crippen LogP contribution in [0.1, 0.15) is 29.7 Å². The molecule has 0 aromatic heterocycles. The molecule has 2 amide bonds. The zero-order chi connectivity index (χ0) is 24.0. The average molecular weight is 454 g/mol. The molecule has 1 heterocycles. The molecule has 0 aliphatic carbocycles. The van der Waals surface area contributed by atoms with Crippen molar-refractivity contribution >= 4 is 12.0 Å². The Bertz CT molecular complexity index is 1040. The third kappa shape index (κ3) is 5.64. The molecular weight excluding hydrogens is 422 g/mol. The summed E-state index contributed by atoms with van der Waals surface area (Å²) in [6.07, 6.45) is 0. The molecule has 2 aromatic rings. The molecule has 176 valence electrons. The van der Waals surface area contributed by atoms with Gasteiger partial charge in [-0.2, -0.15) is 0 Å². The van der Waals surface area contributed by atoms with Crippen molar-refractivity contribution in [1.29, 1.82) is 0 Å². The van der Waals surface area contributed by atoms with E-state index < -0.39 is 12.0 Å². The molecule has 1 atom stereocenters. The van der Waals surface area contributed by atoms with Gasteiger partial charge in [0.05, 0.1) is 32.4 Å². The summed E-state index contributed by atoms with van der Waals surface area (Å²) >= 11 is 0. The van der Waals surface area contributed by atoms with Crippen molar-refractivity contribution in [3.8, 4) is 11.5 Å². The molecule has 2 N–H and O–H groups in total. The van der Waals surface area contributed by atoms with Gasteiger partial charge in [-0.1, -0.05) is 30.3 Å². The van der Waals surface area contributed by atoms with Crippen molar-refractivity contribution < 1.29 is 23.8 Å². The second-order valence-electron chi connectivity index (χ2n) is 7.86. The minimum Gasteiger partial charge on any atom is -0.493 e. The molecule has 2 aromatic carbocycles. The number of urea groups is 1. The van der Waals surface area contributed by atoms with E-state index in [0.29, 0.717) is 35.9 Å². The molecular formula is C25H31N3O5. The molecule has 0 bridgehead atoms. The van der Waals surface area contributed by atoms with E-state index in [1.54, 1.807) is 21.1 Å². The summed E-state index contributed by atoms with van der Waals surface area (Å²) in [5.74, 6) is 0.867. The Labute approximate surface area is 194 Å². The normalized spacial score (nSPS) is 15.7. The third-order valence-corrected chi connectivity index (χ3v) is 5.49.